The second kappa shape index (κ2) is 11.7. The Hall–Kier alpha value is -0.810. The zero-order chi connectivity index (χ0) is 12.9. The maximum atomic E-state index is 8.71. The Kier molecular flexibility index (Phi) is 11.1. The highest BCUT2D eigenvalue weighted by molar-refractivity contribution is 5.79. The maximum absolute atomic E-state index is 8.71. The molecule has 17 heavy (non-hydrogen) atoms. The monoisotopic (exact) mass is 245 g/mol. The van der Waals surface area contributed by atoms with E-state index in [4.69, 9.17) is 9.84 Å². The molecule has 0 aliphatic heterocycles. The molecule has 0 aromatic rings. The van der Waals surface area contributed by atoms with Gasteiger partial charge in [0.2, 0.25) is 0 Å². The molecule has 3 N–H and O–H groups in total. The van der Waals surface area contributed by atoms with Crippen molar-refractivity contribution in [3.05, 3.63) is 0 Å². The Labute approximate surface area is 105 Å². The molecule has 0 heterocycles. The number of rotatable bonds is 9. The summed E-state index contributed by atoms with van der Waals surface area (Å²) in [5.74, 6) is 1.34. The lowest BCUT2D eigenvalue weighted by Gasteiger charge is -2.10. The van der Waals surface area contributed by atoms with Crippen LogP contribution in [0.5, 0.6) is 0 Å². The molecule has 0 spiro atoms. The number of hydrogen-bond donors (Lipinski definition) is 3. The van der Waals surface area contributed by atoms with Crippen molar-refractivity contribution in [2.24, 2.45) is 10.9 Å². The van der Waals surface area contributed by atoms with Gasteiger partial charge in [0.05, 0.1) is 6.61 Å². The van der Waals surface area contributed by atoms with Crippen LogP contribution in [-0.4, -0.2) is 50.5 Å². The van der Waals surface area contributed by atoms with Crippen molar-refractivity contribution in [3.63, 3.8) is 0 Å². The zero-order valence-electron chi connectivity index (χ0n) is 11.3. The van der Waals surface area contributed by atoms with E-state index in [1.807, 2.05) is 6.92 Å². The first-order valence-corrected chi connectivity index (χ1v) is 6.41. The Morgan fingerprint density at radius 2 is 2.12 bits per heavy atom. The lowest BCUT2D eigenvalue weighted by atomic mass is 10.2. The zero-order valence-corrected chi connectivity index (χ0v) is 11.3. The minimum atomic E-state index is 0.113. The van der Waals surface area contributed by atoms with Crippen LogP contribution in [0.1, 0.15) is 27.2 Å². The molecule has 0 aromatic carbocycles. The highest BCUT2D eigenvalue weighted by Crippen LogP contribution is 1.93. The number of aliphatic hydroxyl groups is 1. The molecule has 0 aromatic heterocycles. The molecular weight excluding hydrogens is 218 g/mol. The summed E-state index contributed by atoms with van der Waals surface area (Å²) in [6, 6.07) is 0. The summed E-state index contributed by atoms with van der Waals surface area (Å²) in [5.41, 5.74) is 0. The SMILES string of the molecule is CCNC(=NCCCOCC(C)C)NCCO. The molecule has 0 aliphatic rings. The van der Waals surface area contributed by atoms with E-state index in [9.17, 15) is 0 Å². The quantitative estimate of drug-likeness (QED) is 0.316. The predicted molar refractivity (Wildman–Crippen MR) is 71.3 cm³/mol. The largest absolute Gasteiger partial charge is 0.395 e. The van der Waals surface area contributed by atoms with Crippen LogP contribution in [0.25, 0.3) is 0 Å². The molecule has 5 nitrogen and oxygen atoms in total. The van der Waals surface area contributed by atoms with Crippen LogP contribution in [0, 0.1) is 5.92 Å². The van der Waals surface area contributed by atoms with Crippen molar-refractivity contribution in [1.82, 2.24) is 10.6 Å². The molecule has 0 atom stereocenters. The van der Waals surface area contributed by atoms with Gasteiger partial charge in [-0.2, -0.15) is 0 Å². The number of guanidine groups is 1. The standard InChI is InChI=1S/C12H27N3O2/c1-4-13-12(15-7-8-16)14-6-5-9-17-10-11(2)3/h11,16H,4-10H2,1-3H3,(H2,13,14,15). The van der Waals surface area contributed by atoms with Gasteiger partial charge in [-0.05, 0) is 19.3 Å². The maximum Gasteiger partial charge on any atom is 0.191 e. The first-order chi connectivity index (χ1) is 8.20. The van der Waals surface area contributed by atoms with E-state index in [0.29, 0.717) is 12.5 Å². The summed E-state index contributed by atoms with van der Waals surface area (Å²) in [5, 5.41) is 14.9. The van der Waals surface area contributed by atoms with Crippen LogP contribution in [-0.2, 0) is 4.74 Å². The van der Waals surface area contributed by atoms with Gasteiger partial charge < -0.3 is 20.5 Å². The van der Waals surface area contributed by atoms with Crippen molar-refractivity contribution in [2.75, 3.05) is 39.5 Å². The topological polar surface area (TPSA) is 65.9 Å². The number of aliphatic imine (C=N–C) groups is 1. The second-order valence-corrected chi connectivity index (χ2v) is 4.23. The van der Waals surface area contributed by atoms with Crippen molar-refractivity contribution in [3.8, 4) is 0 Å². The Balaban J connectivity index is 3.61. The number of ether oxygens (including phenoxy) is 1. The predicted octanol–water partition coefficient (Wildman–Crippen LogP) is 0.597. The minimum absolute atomic E-state index is 0.113. The molecule has 102 valence electrons. The second-order valence-electron chi connectivity index (χ2n) is 4.23. The smallest absolute Gasteiger partial charge is 0.191 e. The van der Waals surface area contributed by atoms with Gasteiger partial charge in [-0.1, -0.05) is 13.8 Å². The van der Waals surface area contributed by atoms with Gasteiger partial charge >= 0.3 is 0 Å². The third-order valence-electron chi connectivity index (χ3n) is 1.92. The van der Waals surface area contributed by atoms with Gasteiger partial charge in [0.25, 0.3) is 0 Å². The molecule has 0 saturated carbocycles. The summed E-state index contributed by atoms with van der Waals surface area (Å²) in [6.45, 7) is 10.0. The van der Waals surface area contributed by atoms with Crippen molar-refractivity contribution >= 4 is 5.96 Å². The van der Waals surface area contributed by atoms with E-state index in [1.165, 1.54) is 0 Å². The average molecular weight is 245 g/mol. The Morgan fingerprint density at radius 3 is 2.71 bits per heavy atom. The van der Waals surface area contributed by atoms with Gasteiger partial charge in [0.15, 0.2) is 5.96 Å². The molecule has 0 rings (SSSR count). The fourth-order valence-corrected chi connectivity index (χ4v) is 1.19. The van der Waals surface area contributed by atoms with Crippen LogP contribution >= 0.6 is 0 Å². The van der Waals surface area contributed by atoms with Gasteiger partial charge in [-0.25, -0.2) is 0 Å². The van der Waals surface area contributed by atoms with Crippen LogP contribution in [0.2, 0.25) is 0 Å². The number of hydrogen-bond acceptors (Lipinski definition) is 3. The van der Waals surface area contributed by atoms with E-state index in [0.717, 1.165) is 38.7 Å². The molecule has 0 fully saturated rings. The normalized spacial score (nSPS) is 11.9. The van der Waals surface area contributed by atoms with Crippen molar-refractivity contribution < 1.29 is 9.84 Å². The summed E-state index contributed by atoms with van der Waals surface area (Å²) in [6.07, 6.45) is 0.919. The molecule has 0 amide bonds. The van der Waals surface area contributed by atoms with Gasteiger partial charge in [-0.3, -0.25) is 4.99 Å². The van der Waals surface area contributed by atoms with Crippen LogP contribution in [0.3, 0.4) is 0 Å². The Morgan fingerprint density at radius 1 is 1.35 bits per heavy atom. The summed E-state index contributed by atoms with van der Waals surface area (Å²) in [4.78, 5) is 4.37. The molecule has 0 unspecified atom stereocenters. The summed E-state index contributed by atoms with van der Waals surface area (Å²) < 4.78 is 5.47. The first-order valence-electron chi connectivity index (χ1n) is 6.41. The number of aliphatic hydroxyl groups excluding tert-OH is 1. The summed E-state index contributed by atoms with van der Waals surface area (Å²) >= 11 is 0. The highest BCUT2D eigenvalue weighted by atomic mass is 16.5. The fraction of sp³-hybridized carbons (Fsp3) is 0.917. The van der Waals surface area contributed by atoms with E-state index in [-0.39, 0.29) is 6.61 Å². The van der Waals surface area contributed by atoms with E-state index in [2.05, 4.69) is 29.5 Å². The number of nitrogens with one attached hydrogen (secondary N) is 2. The van der Waals surface area contributed by atoms with Crippen LogP contribution in [0.15, 0.2) is 4.99 Å². The van der Waals surface area contributed by atoms with Crippen LogP contribution in [0.4, 0.5) is 0 Å². The molecule has 0 bridgehead atoms. The highest BCUT2D eigenvalue weighted by Gasteiger charge is 1.96. The van der Waals surface area contributed by atoms with Gasteiger partial charge in [0, 0.05) is 32.8 Å². The van der Waals surface area contributed by atoms with E-state index >= 15 is 0 Å². The van der Waals surface area contributed by atoms with Gasteiger partial charge in [-0.15, -0.1) is 0 Å². The van der Waals surface area contributed by atoms with E-state index < -0.39 is 0 Å². The first kappa shape index (κ1) is 16.2. The lowest BCUT2D eigenvalue weighted by molar-refractivity contribution is 0.109. The van der Waals surface area contributed by atoms with Gasteiger partial charge in [0.1, 0.15) is 0 Å². The minimum Gasteiger partial charge on any atom is -0.395 e. The van der Waals surface area contributed by atoms with Crippen molar-refractivity contribution in [1.29, 1.82) is 0 Å². The lowest BCUT2D eigenvalue weighted by Crippen LogP contribution is -2.38. The van der Waals surface area contributed by atoms with Crippen LogP contribution < -0.4 is 10.6 Å². The third kappa shape index (κ3) is 11.5. The molecule has 0 aliphatic carbocycles. The molecule has 5 heteroatoms. The third-order valence-corrected chi connectivity index (χ3v) is 1.92. The van der Waals surface area contributed by atoms with E-state index in [1.54, 1.807) is 0 Å². The number of nitrogens with zero attached hydrogens (tertiary/aromatic N) is 1. The summed E-state index contributed by atoms with van der Waals surface area (Å²) in [7, 11) is 0. The molecule has 0 radical (unpaired) electrons. The fourth-order valence-electron chi connectivity index (χ4n) is 1.19. The Bertz CT molecular complexity index is 196. The average Bonchev–Trinajstić information content (AvgIpc) is 2.29. The molecule has 0 saturated heterocycles. The molecular formula is C12H27N3O2. The van der Waals surface area contributed by atoms with Crippen molar-refractivity contribution in [2.45, 2.75) is 27.2 Å².